The first kappa shape index (κ1) is 35.6. The molecule has 0 aliphatic carbocycles. The van der Waals surface area contributed by atoms with Gasteiger partial charge in [0.05, 0.1) is 12.6 Å². The van der Waals surface area contributed by atoms with Crippen LogP contribution in [-0.4, -0.2) is 77.7 Å². The smallest absolute Gasteiger partial charge is 0.392 e. The van der Waals surface area contributed by atoms with Crippen molar-refractivity contribution in [3.05, 3.63) is 0 Å². The minimum atomic E-state index is -9.00. The van der Waals surface area contributed by atoms with Crippen LogP contribution in [0.2, 0.25) is 0 Å². The molecule has 0 aliphatic rings. The van der Waals surface area contributed by atoms with Gasteiger partial charge in [0.15, 0.2) is 0 Å². The van der Waals surface area contributed by atoms with Gasteiger partial charge >= 0.3 is 57.0 Å². The largest absolute Gasteiger partial charge is 0.460 e. The highest BCUT2D eigenvalue weighted by Crippen LogP contribution is 2.64. The molecule has 0 fully saturated rings. The van der Waals surface area contributed by atoms with E-state index in [4.69, 9.17) is 0 Å². The number of halogens is 18. The summed E-state index contributed by atoms with van der Waals surface area (Å²) >= 11 is 0. The maximum atomic E-state index is 13.8. The number of rotatable bonds is 13. The van der Waals surface area contributed by atoms with E-state index >= 15 is 0 Å². The molecule has 37 heavy (non-hydrogen) atoms. The quantitative estimate of drug-likeness (QED) is 0.203. The van der Waals surface area contributed by atoms with Crippen molar-refractivity contribution in [3.8, 4) is 0 Å². The van der Waals surface area contributed by atoms with Gasteiger partial charge in [0.1, 0.15) is 0 Å². The molecule has 0 aliphatic heterocycles. The lowest BCUT2D eigenvalue weighted by Gasteiger charge is -2.42. The Morgan fingerprint density at radius 1 is 0.649 bits per heavy atom. The summed E-state index contributed by atoms with van der Waals surface area (Å²) in [5.74, 6) is -52.6. The molecule has 1 N–H and O–H groups in total. The van der Waals surface area contributed by atoms with Crippen LogP contribution in [0.15, 0.2) is 0 Å². The van der Waals surface area contributed by atoms with Crippen LogP contribution in [0, 0.1) is 0 Å². The zero-order chi connectivity index (χ0) is 30.5. The molecule has 23 heteroatoms. The predicted octanol–water partition coefficient (Wildman–Crippen LogP) is 6.02. The number of hydrogen-bond donors (Lipinski definition) is 1. The fraction of sp³-hybridized carbons (Fsp3) is 1.00. The number of alkyl halides is 17. The summed E-state index contributed by atoms with van der Waals surface area (Å²) in [6.45, 7) is -0.889. The molecule has 0 aromatic rings. The molecular formula is C14H13F18NO3S. The van der Waals surface area contributed by atoms with Gasteiger partial charge in [0.2, 0.25) is 0 Å². The van der Waals surface area contributed by atoms with E-state index in [2.05, 4.69) is 0 Å². The highest BCUT2D eigenvalue weighted by Gasteiger charge is 2.96. The summed E-state index contributed by atoms with van der Waals surface area (Å²) in [7, 11) is -8.04. The van der Waals surface area contributed by atoms with Gasteiger partial charge in [0, 0.05) is 0 Å². The SMILES string of the molecule is CCCCC(O)CN(F)S(=O)(=O)C(F)(F)C(F)(F)C(F)(F)C(F)(F)C(F)(F)C(F)(F)C(F)(F)C(F)(F)F. The van der Waals surface area contributed by atoms with E-state index in [0.29, 0.717) is 0 Å². The van der Waals surface area contributed by atoms with Gasteiger partial charge in [-0.15, -0.1) is 4.48 Å². The van der Waals surface area contributed by atoms with Crippen molar-refractivity contribution < 1.29 is 92.6 Å². The van der Waals surface area contributed by atoms with Gasteiger partial charge in [-0.1, -0.05) is 19.8 Å². The van der Waals surface area contributed by atoms with Gasteiger partial charge in [-0.25, -0.2) is 8.42 Å². The van der Waals surface area contributed by atoms with Crippen LogP contribution in [0.4, 0.5) is 79.1 Å². The predicted molar refractivity (Wildman–Crippen MR) is 82.9 cm³/mol. The fourth-order valence-corrected chi connectivity index (χ4v) is 3.30. The fourth-order valence-electron chi connectivity index (χ4n) is 2.23. The Morgan fingerprint density at radius 3 is 1.30 bits per heavy atom. The number of unbranched alkanes of at least 4 members (excludes halogenated alkanes) is 1. The number of nitrogens with zero attached hydrogens (tertiary/aromatic N) is 1. The van der Waals surface area contributed by atoms with Gasteiger partial charge in [-0.2, -0.15) is 74.6 Å². The molecule has 0 saturated carbocycles. The minimum absolute atomic E-state index is 0.127. The molecule has 1 unspecified atom stereocenters. The van der Waals surface area contributed by atoms with Crippen molar-refractivity contribution in [2.75, 3.05) is 6.54 Å². The molecule has 0 radical (unpaired) electrons. The summed E-state index contributed by atoms with van der Waals surface area (Å²) in [6, 6.07) is 0. The zero-order valence-corrected chi connectivity index (χ0v) is 18.1. The molecule has 0 aromatic heterocycles. The average Bonchev–Trinajstić information content (AvgIpc) is 2.70. The monoisotopic (exact) mass is 617 g/mol. The van der Waals surface area contributed by atoms with Crippen molar-refractivity contribution in [2.24, 2.45) is 0 Å². The third-order valence-corrected chi connectivity index (χ3v) is 6.10. The Hall–Kier alpha value is -1.39. The molecule has 1 atom stereocenters. The van der Waals surface area contributed by atoms with Crippen molar-refractivity contribution in [3.63, 3.8) is 0 Å². The van der Waals surface area contributed by atoms with Gasteiger partial charge in [-0.3, -0.25) is 0 Å². The van der Waals surface area contributed by atoms with Crippen LogP contribution in [0.5, 0.6) is 0 Å². The lowest BCUT2D eigenvalue weighted by Crippen LogP contribution is -2.75. The van der Waals surface area contributed by atoms with Gasteiger partial charge in [-0.05, 0) is 10.9 Å². The first-order valence-electron chi connectivity index (χ1n) is 8.95. The second kappa shape index (κ2) is 9.97. The van der Waals surface area contributed by atoms with Gasteiger partial charge < -0.3 is 5.11 Å². The van der Waals surface area contributed by atoms with E-state index in [1.807, 2.05) is 0 Å². The number of aliphatic hydroxyl groups is 1. The van der Waals surface area contributed by atoms with Crippen LogP contribution >= 0.6 is 0 Å². The summed E-state index contributed by atoms with van der Waals surface area (Å²) in [5, 5.41) is 1.22. The van der Waals surface area contributed by atoms with E-state index in [9.17, 15) is 92.6 Å². The molecule has 0 spiro atoms. The standard InChI is InChI=1S/C14H13F18NO3S/c1-2-3-4-6(34)5-33(32)37(35,36)14(30,31)12(25,26)10(21,22)8(17,18)7(15,16)9(19,20)11(23,24)13(27,28)29/h6,34H,2-5H2,1H3. The Labute approximate surface area is 194 Å². The molecule has 0 rings (SSSR count). The topological polar surface area (TPSA) is 57.6 Å². The third-order valence-electron chi connectivity index (χ3n) is 4.52. The van der Waals surface area contributed by atoms with E-state index in [-0.39, 0.29) is 12.8 Å². The van der Waals surface area contributed by atoms with Crippen LogP contribution in [0.3, 0.4) is 0 Å². The molecule has 0 aromatic carbocycles. The molecule has 0 amide bonds. The van der Waals surface area contributed by atoms with E-state index in [0.717, 1.165) is 0 Å². The Bertz CT molecular complexity index is 900. The van der Waals surface area contributed by atoms with E-state index in [1.54, 1.807) is 0 Å². The lowest BCUT2D eigenvalue weighted by atomic mass is 9.91. The molecule has 0 bridgehead atoms. The van der Waals surface area contributed by atoms with Crippen LogP contribution in [0.1, 0.15) is 26.2 Å². The van der Waals surface area contributed by atoms with Crippen molar-refractivity contribution in [1.82, 2.24) is 4.53 Å². The third kappa shape index (κ3) is 5.14. The minimum Gasteiger partial charge on any atom is -0.392 e. The van der Waals surface area contributed by atoms with E-state index < -0.39 is 80.6 Å². The summed E-state index contributed by atoms with van der Waals surface area (Å²) in [6.07, 6.45) is -10.9. The Kier molecular flexibility index (Phi) is 9.60. The second-order valence-electron chi connectivity index (χ2n) is 7.23. The molecule has 0 heterocycles. The maximum absolute atomic E-state index is 13.8. The molecule has 224 valence electrons. The van der Waals surface area contributed by atoms with Crippen molar-refractivity contribution in [1.29, 1.82) is 0 Å². The highest BCUT2D eigenvalue weighted by molar-refractivity contribution is 7.90. The van der Waals surface area contributed by atoms with Crippen molar-refractivity contribution in [2.45, 2.75) is 79.3 Å². The summed E-state index contributed by atoms with van der Waals surface area (Å²) in [4.78, 5) is 0. The highest BCUT2D eigenvalue weighted by atomic mass is 32.2. The van der Waals surface area contributed by atoms with Crippen LogP contribution in [-0.2, 0) is 10.0 Å². The molecule has 4 nitrogen and oxygen atoms in total. The summed E-state index contributed by atoms with van der Waals surface area (Å²) in [5.41, 5.74) is 0. The van der Waals surface area contributed by atoms with E-state index in [1.165, 1.54) is 6.92 Å². The molecular weight excluding hydrogens is 604 g/mol. The number of sulfonamides is 1. The number of aliphatic hydroxyl groups excluding tert-OH is 1. The first-order chi connectivity index (χ1) is 15.9. The summed E-state index contributed by atoms with van der Waals surface area (Å²) < 4.78 is 257. The van der Waals surface area contributed by atoms with Crippen molar-refractivity contribution >= 4 is 10.0 Å². The second-order valence-corrected chi connectivity index (χ2v) is 9.09. The first-order valence-corrected chi connectivity index (χ1v) is 10.4. The molecule has 0 saturated heterocycles. The Balaban J connectivity index is 6.76. The number of hydrogen-bond acceptors (Lipinski definition) is 3. The normalized spacial score (nSPS) is 16.9. The average molecular weight is 617 g/mol. The zero-order valence-electron chi connectivity index (χ0n) is 17.3. The van der Waals surface area contributed by atoms with Crippen LogP contribution < -0.4 is 0 Å². The maximum Gasteiger partial charge on any atom is 0.460 e. The van der Waals surface area contributed by atoms with Gasteiger partial charge in [0.25, 0.3) is 0 Å². The lowest BCUT2D eigenvalue weighted by molar-refractivity contribution is -0.458. The van der Waals surface area contributed by atoms with Crippen LogP contribution in [0.25, 0.3) is 0 Å². The Morgan fingerprint density at radius 2 is 0.973 bits per heavy atom.